The number of imidazole rings is 1. The normalized spacial score (nSPS) is 28.3. The summed E-state index contributed by atoms with van der Waals surface area (Å²) in [6.07, 6.45) is -2.34. The lowest BCUT2D eigenvalue weighted by molar-refractivity contribution is -0.231. The van der Waals surface area contributed by atoms with Gasteiger partial charge in [0.25, 0.3) is 5.91 Å². The average molecular weight is 552 g/mol. The SMILES string of the molecule is CCCOc1ccc(Cn2c(CNC(=O)C3OC4OC(C)(C)OC4C4OC(C)(C)OC34)nc3ccccc32)cc1. The summed E-state index contributed by atoms with van der Waals surface area (Å²) in [5.74, 6) is -0.474. The third kappa shape index (κ3) is 5.34. The summed E-state index contributed by atoms with van der Waals surface area (Å²) >= 11 is 0. The predicted molar refractivity (Wildman–Crippen MR) is 145 cm³/mol. The molecule has 10 heteroatoms. The zero-order valence-electron chi connectivity index (χ0n) is 23.6. The van der Waals surface area contributed by atoms with E-state index in [4.69, 9.17) is 33.4 Å². The highest BCUT2D eigenvalue weighted by molar-refractivity contribution is 5.82. The smallest absolute Gasteiger partial charge is 0.252 e. The average Bonchev–Trinajstić information content (AvgIpc) is 3.55. The summed E-state index contributed by atoms with van der Waals surface area (Å²) in [7, 11) is 0. The molecule has 1 aromatic heterocycles. The van der Waals surface area contributed by atoms with Crippen LogP contribution in [0.4, 0.5) is 0 Å². The van der Waals surface area contributed by atoms with E-state index in [1.54, 1.807) is 0 Å². The van der Waals surface area contributed by atoms with Gasteiger partial charge in [-0.2, -0.15) is 0 Å². The second-order valence-electron chi connectivity index (χ2n) is 11.4. The van der Waals surface area contributed by atoms with Gasteiger partial charge in [-0.15, -0.1) is 0 Å². The molecule has 0 bridgehead atoms. The van der Waals surface area contributed by atoms with E-state index in [0.717, 1.165) is 34.6 Å². The molecular formula is C30H37N3O7. The van der Waals surface area contributed by atoms with Crippen molar-refractivity contribution in [2.45, 2.75) is 96.4 Å². The van der Waals surface area contributed by atoms with Crippen LogP contribution in [0, 0.1) is 0 Å². The monoisotopic (exact) mass is 551 g/mol. The van der Waals surface area contributed by atoms with Crippen molar-refractivity contribution >= 4 is 16.9 Å². The molecule has 40 heavy (non-hydrogen) atoms. The standard InChI is InChI=1S/C30H37N3O7/c1-6-15-35-19-13-11-18(12-14-19)17-33-21-10-8-7-9-20(21)32-22(33)16-31-27(34)25-23-24(38-29(2,3)37-23)26-28(36-25)40-30(4,5)39-26/h7-14,23-26,28H,6,15-17H2,1-5H3,(H,31,34). The molecule has 5 unspecified atom stereocenters. The van der Waals surface area contributed by atoms with Gasteiger partial charge in [-0.05, 0) is 63.9 Å². The Labute approximate surface area is 233 Å². The fourth-order valence-electron chi connectivity index (χ4n) is 5.62. The Morgan fingerprint density at radius 2 is 1.65 bits per heavy atom. The van der Waals surface area contributed by atoms with Gasteiger partial charge in [0.2, 0.25) is 0 Å². The van der Waals surface area contributed by atoms with Gasteiger partial charge in [0.15, 0.2) is 24.0 Å². The fraction of sp³-hybridized carbons (Fsp3) is 0.533. The summed E-state index contributed by atoms with van der Waals surface area (Å²) in [5, 5.41) is 3.03. The van der Waals surface area contributed by atoms with Crippen molar-refractivity contribution in [2.75, 3.05) is 6.61 Å². The minimum atomic E-state index is -0.931. The maximum Gasteiger partial charge on any atom is 0.252 e. The Balaban J connectivity index is 1.20. The van der Waals surface area contributed by atoms with Crippen LogP contribution in [0.3, 0.4) is 0 Å². The summed E-state index contributed by atoms with van der Waals surface area (Å²) in [6.45, 7) is 10.9. The lowest BCUT2D eigenvalue weighted by Crippen LogP contribution is -2.59. The minimum Gasteiger partial charge on any atom is -0.494 e. The van der Waals surface area contributed by atoms with Crippen LogP contribution in [0.2, 0.25) is 0 Å². The number of carbonyl (C=O) groups excluding carboxylic acids is 1. The highest BCUT2D eigenvalue weighted by atomic mass is 16.9. The van der Waals surface area contributed by atoms with Crippen molar-refractivity contribution in [3.63, 3.8) is 0 Å². The van der Waals surface area contributed by atoms with E-state index in [1.807, 2.05) is 64.1 Å². The van der Waals surface area contributed by atoms with Gasteiger partial charge in [-0.3, -0.25) is 4.79 Å². The van der Waals surface area contributed by atoms with Gasteiger partial charge in [-0.25, -0.2) is 4.98 Å². The molecule has 3 fully saturated rings. The number of carbonyl (C=O) groups is 1. The van der Waals surface area contributed by atoms with Crippen LogP contribution < -0.4 is 10.1 Å². The van der Waals surface area contributed by atoms with Crippen molar-refractivity contribution in [1.82, 2.24) is 14.9 Å². The van der Waals surface area contributed by atoms with Crippen LogP contribution in [0.15, 0.2) is 48.5 Å². The molecule has 4 heterocycles. The second kappa shape index (κ2) is 10.4. The molecule has 0 aliphatic carbocycles. The highest BCUT2D eigenvalue weighted by Gasteiger charge is 2.62. The largest absolute Gasteiger partial charge is 0.494 e. The first kappa shape index (κ1) is 27.2. The van der Waals surface area contributed by atoms with Crippen molar-refractivity contribution < 1.29 is 33.2 Å². The predicted octanol–water partition coefficient (Wildman–Crippen LogP) is 3.89. The zero-order valence-corrected chi connectivity index (χ0v) is 23.6. The molecule has 214 valence electrons. The first-order valence-electron chi connectivity index (χ1n) is 13.9. The van der Waals surface area contributed by atoms with E-state index in [2.05, 4.69) is 28.9 Å². The molecule has 3 aliphatic rings. The molecule has 6 rings (SSSR count). The van der Waals surface area contributed by atoms with Gasteiger partial charge in [0.05, 0.1) is 24.2 Å². The molecule has 1 amide bonds. The summed E-state index contributed by atoms with van der Waals surface area (Å²) in [6, 6.07) is 16.0. The Morgan fingerprint density at radius 3 is 2.42 bits per heavy atom. The molecule has 3 saturated heterocycles. The second-order valence-corrected chi connectivity index (χ2v) is 11.4. The topological polar surface area (TPSA) is 102 Å². The summed E-state index contributed by atoms with van der Waals surface area (Å²) in [5.41, 5.74) is 2.95. The molecule has 0 saturated carbocycles. The molecular weight excluding hydrogens is 514 g/mol. The highest BCUT2D eigenvalue weighted by Crippen LogP contribution is 2.44. The molecule has 5 atom stereocenters. The maximum atomic E-state index is 13.6. The summed E-state index contributed by atoms with van der Waals surface area (Å²) in [4.78, 5) is 18.4. The lowest BCUT2D eigenvalue weighted by atomic mass is 9.98. The molecule has 2 aromatic carbocycles. The van der Waals surface area contributed by atoms with Gasteiger partial charge >= 0.3 is 0 Å². The van der Waals surface area contributed by atoms with Crippen LogP contribution >= 0.6 is 0 Å². The number of aromatic nitrogens is 2. The van der Waals surface area contributed by atoms with Crippen LogP contribution in [-0.4, -0.2) is 64.3 Å². The summed E-state index contributed by atoms with van der Waals surface area (Å²) < 4.78 is 38.2. The number of fused-ring (bicyclic) bond motifs is 4. The number of nitrogens with one attached hydrogen (secondary N) is 1. The third-order valence-electron chi connectivity index (χ3n) is 7.30. The lowest BCUT2D eigenvalue weighted by Gasteiger charge is -2.36. The minimum absolute atomic E-state index is 0.212. The van der Waals surface area contributed by atoms with E-state index in [9.17, 15) is 4.79 Å². The zero-order chi connectivity index (χ0) is 28.1. The van der Waals surface area contributed by atoms with E-state index in [-0.39, 0.29) is 12.5 Å². The van der Waals surface area contributed by atoms with Crippen LogP contribution in [-0.2, 0) is 41.6 Å². The van der Waals surface area contributed by atoms with Crippen molar-refractivity contribution in [1.29, 1.82) is 0 Å². The van der Waals surface area contributed by atoms with E-state index < -0.39 is 42.3 Å². The number of benzene rings is 2. The Kier molecular flexibility index (Phi) is 7.08. The first-order valence-corrected chi connectivity index (χ1v) is 13.9. The Hall–Kier alpha value is -3.02. The molecule has 3 aromatic rings. The van der Waals surface area contributed by atoms with Crippen molar-refractivity contribution in [3.05, 3.63) is 59.9 Å². The van der Waals surface area contributed by atoms with E-state index in [1.165, 1.54) is 0 Å². The van der Waals surface area contributed by atoms with E-state index >= 15 is 0 Å². The maximum absolute atomic E-state index is 13.6. The van der Waals surface area contributed by atoms with Crippen LogP contribution in [0.1, 0.15) is 52.4 Å². The number of rotatable bonds is 8. The Morgan fingerprint density at radius 1 is 0.950 bits per heavy atom. The molecule has 1 N–H and O–H groups in total. The number of amides is 1. The fourth-order valence-corrected chi connectivity index (χ4v) is 5.62. The Bertz CT molecular complexity index is 1370. The van der Waals surface area contributed by atoms with Gasteiger partial charge < -0.3 is 38.3 Å². The van der Waals surface area contributed by atoms with Gasteiger partial charge in [0.1, 0.15) is 29.9 Å². The number of hydrogen-bond donors (Lipinski definition) is 1. The number of para-hydroxylation sites is 2. The molecule has 0 spiro atoms. The third-order valence-corrected chi connectivity index (χ3v) is 7.30. The molecule has 0 radical (unpaired) electrons. The first-order chi connectivity index (χ1) is 19.1. The van der Waals surface area contributed by atoms with Crippen molar-refractivity contribution in [2.24, 2.45) is 0 Å². The quantitative estimate of drug-likeness (QED) is 0.450. The number of hydrogen-bond acceptors (Lipinski definition) is 8. The van der Waals surface area contributed by atoms with Crippen LogP contribution in [0.5, 0.6) is 5.75 Å². The van der Waals surface area contributed by atoms with Gasteiger partial charge in [-0.1, -0.05) is 31.2 Å². The van der Waals surface area contributed by atoms with Gasteiger partial charge in [0, 0.05) is 6.54 Å². The van der Waals surface area contributed by atoms with Crippen LogP contribution in [0.25, 0.3) is 11.0 Å². The number of ether oxygens (including phenoxy) is 6. The van der Waals surface area contributed by atoms with E-state index in [0.29, 0.717) is 13.2 Å². The molecule has 3 aliphatic heterocycles. The number of nitrogens with zero attached hydrogens (tertiary/aromatic N) is 2. The molecule has 10 nitrogen and oxygen atoms in total. The van der Waals surface area contributed by atoms with Crippen molar-refractivity contribution in [3.8, 4) is 5.75 Å².